The lowest BCUT2D eigenvalue weighted by molar-refractivity contribution is -0.0117. The van der Waals surface area contributed by atoms with Gasteiger partial charge >= 0.3 is 0 Å². The fourth-order valence-electron chi connectivity index (χ4n) is 1.73. The lowest BCUT2D eigenvalue weighted by Crippen LogP contribution is -2.43. The zero-order chi connectivity index (χ0) is 12.3. The Bertz CT molecular complexity index is 369. The van der Waals surface area contributed by atoms with Crippen LogP contribution in [0.1, 0.15) is 0 Å². The van der Waals surface area contributed by atoms with Crippen molar-refractivity contribution >= 4 is 23.4 Å². The van der Waals surface area contributed by atoms with Crippen LogP contribution in [0.2, 0.25) is 5.15 Å². The zero-order valence-corrected chi connectivity index (χ0v) is 10.4. The molecule has 1 unspecified atom stereocenters. The van der Waals surface area contributed by atoms with Gasteiger partial charge in [0.05, 0.1) is 12.7 Å². The van der Waals surface area contributed by atoms with Crippen LogP contribution in [-0.4, -0.2) is 54.3 Å². The van der Waals surface area contributed by atoms with E-state index in [1.165, 1.54) is 0 Å². The average molecular weight is 258 g/mol. The Balaban J connectivity index is 1.88. The minimum Gasteiger partial charge on any atom is -0.374 e. The maximum atomic E-state index is 5.78. The van der Waals surface area contributed by atoms with Crippen LogP contribution in [0.25, 0.3) is 0 Å². The van der Waals surface area contributed by atoms with Crippen molar-refractivity contribution in [1.29, 1.82) is 0 Å². The Hall–Kier alpha value is -1.11. The molecule has 1 atom stereocenters. The maximum Gasteiger partial charge on any atom is 0.223 e. The van der Waals surface area contributed by atoms with Gasteiger partial charge in [0.15, 0.2) is 0 Å². The van der Waals surface area contributed by atoms with Crippen molar-refractivity contribution in [3.8, 4) is 0 Å². The summed E-state index contributed by atoms with van der Waals surface area (Å²) in [5.41, 5.74) is 5.50. The van der Waals surface area contributed by atoms with Gasteiger partial charge in [-0.05, 0) is 7.05 Å². The van der Waals surface area contributed by atoms with Gasteiger partial charge < -0.3 is 20.7 Å². The second kappa shape index (κ2) is 5.48. The highest BCUT2D eigenvalue weighted by molar-refractivity contribution is 6.29. The Morgan fingerprint density at radius 3 is 3.18 bits per heavy atom. The molecule has 0 saturated carbocycles. The van der Waals surface area contributed by atoms with E-state index < -0.39 is 0 Å². The monoisotopic (exact) mass is 257 g/mol. The summed E-state index contributed by atoms with van der Waals surface area (Å²) in [6, 6.07) is 1.64. The van der Waals surface area contributed by atoms with Gasteiger partial charge in [-0.3, -0.25) is 0 Å². The maximum absolute atomic E-state index is 5.78. The Labute approximate surface area is 105 Å². The molecule has 0 amide bonds. The number of halogens is 1. The van der Waals surface area contributed by atoms with E-state index in [0.717, 1.165) is 19.7 Å². The Morgan fingerprint density at radius 1 is 1.65 bits per heavy atom. The number of ether oxygens (including phenoxy) is 1. The van der Waals surface area contributed by atoms with E-state index in [0.29, 0.717) is 17.5 Å². The summed E-state index contributed by atoms with van der Waals surface area (Å²) in [6.07, 6.45) is 0.156. The van der Waals surface area contributed by atoms with E-state index in [9.17, 15) is 0 Å². The first-order chi connectivity index (χ1) is 8.13. The number of aromatic nitrogens is 2. The number of anilines is 2. The molecule has 0 spiro atoms. The van der Waals surface area contributed by atoms with Crippen LogP contribution in [0.15, 0.2) is 6.07 Å². The first-order valence-corrected chi connectivity index (χ1v) is 5.85. The molecule has 0 aromatic carbocycles. The zero-order valence-electron chi connectivity index (χ0n) is 9.69. The predicted molar refractivity (Wildman–Crippen MR) is 67.2 cm³/mol. The summed E-state index contributed by atoms with van der Waals surface area (Å²) in [5, 5.41) is 3.48. The topological polar surface area (TPSA) is 76.3 Å². The van der Waals surface area contributed by atoms with Crippen LogP contribution >= 0.6 is 11.6 Å². The van der Waals surface area contributed by atoms with E-state index in [2.05, 4.69) is 27.2 Å². The van der Waals surface area contributed by atoms with E-state index in [4.69, 9.17) is 22.1 Å². The summed E-state index contributed by atoms with van der Waals surface area (Å²) >= 11 is 5.78. The van der Waals surface area contributed by atoms with Gasteiger partial charge in [-0.2, -0.15) is 4.98 Å². The molecular formula is C10H16ClN5O. The lowest BCUT2D eigenvalue weighted by atomic mass is 10.3. The van der Waals surface area contributed by atoms with Gasteiger partial charge in [-0.25, -0.2) is 4.98 Å². The van der Waals surface area contributed by atoms with Gasteiger partial charge in [-0.1, -0.05) is 11.6 Å². The molecule has 6 nitrogen and oxygen atoms in total. The minimum atomic E-state index is 0.156. The molecule has 1 saturated heterocycles. The molecule has 3 N–H and O–H groups in total. The molecule has 1 aliphatic rings. The summed E-state index contributed by atoms with van der Waals surface area (Å²) < 4.78 is 5.62. The summed E-state index contributed by atoms with van der Waals surface area (Å²) in [4.78, 5) is 10.1. The van der Waals surface area contributed by atoms with Crippen LogP contribution in [-0.2, 0) is 4.74 Å². The number of nitrogen functional groups attached to an aromatic ring is 1. The summed E-state index contributed by atoms with van der Waals surface area (Å²) in [6.45, 7) is 3.32. The molecule has 0 radical (unpaired) electrons. The smallest absolute Gasteiger partial charge is 0.223 e. The van der Waals surface area contributed by atoms with Crippen molar-refractivity contribution in [2.75, 3.05) is 44.3 Å². The molecule has 0 aliphatic carbocycles. The highest BCUT2D eigenvalue weighted by Crippen LogP contribution is 2.13. The Kier molecular flexibility index (Phi) is 3.98. The molecule has 0 bridgehead atoms. The second-order valence-electron chi connectivity index (χ2n) is 4.07. The van der Waals surface area contributed by atoms with E-state index >= 15 is 0 Å². The van der Waals surface area contributed by atoms with E-state index in [1.54, 1.807) is 6.07 Å². The molecule has 1 fully saturated rings. The molecule has 1 aromatic rings. The van der Waals surface area contributed by atoms with Crippen LogP contribution < -0.4 is 11.1 Å². The van der Waals surface area contributed by atoms with Crippen molar-refractivity contribution in [3.05, 3.63) is 11.2 Å². The number of nitrogens with zero attached hydrogens (tertiary/aromatic N) is 3. The molecule has 7 heteroatoms. The van der Waals surface area contributed by atoms with Crippen LogP contribution in [0, 0.1) is 0 Å². The molecule has 94 valence electrons. The highest BCUT2D eigenvalue weighted by atomic mass is 35.5. The number of nitrogens with two attached hydrogens (primary N) is 1. The lowest BCUT2D eigenvalue weighted by Gasteiger charge is -2.30. The van der Waals surface area contributed by atoms with Crippen LogP contribution in [0.5, 0.6) is 0 Å². The van der Waals surface area contributed by atoms with Gasteiger partial charge in [0.1, 0.15) is 11.0 Å². The van der Waals surface area contributed by atoms with Gasteiger partial charge in [0, 0.05) is 25.7 Å². The Morgan fingerprint density at radius 2 is 2.47 bits per heavy atom. The van der Waals surface area contributed by atoms with Crippen molar-refractivity contribution in [1.82, 2.24) is 14.9 Å². The number of hydrogen-bond acceptors (Lipinski definition) is 6. The first-order valence-electron chi connectivity index (χ1n) is 5.47. The average Bonchev–Trinajstić information content (AvgIpc) is 2.25. The van der Waals surface area contributed by atoms with Gasteiger partial charge in [0.2, 0.25) is 5.95 Å². The van der Waals surface area contributed by atoms with Gasteiger partial charge in [0.25, 0.3) is 0 Å². The number of morpholine rings is 1. The molecule has 1 aromatic heterocycles. The largest absolute Gasteiger partial charge is 0.374 e. The quantitative estimate of drug-likeness (QED) is 0.766. The standard InChI is InChI=1S/C10H16ClN5O/c1-16-2-3-17-7(6-16)5-13-9-4-8(11)14-10(12)15-9/h4,7H,2-3,5-6H2,1H3,(H3,12,13,14,15). The van der Waals surface area contributed by atoms with Crippen molar-refractivity contribution in [2.24, 2.45) is 0 Å². The first kappa shape index (κ1) is 12.3. The minimum absolute atomic E-state index is 0.156. The van der Waals surface area contributed by atoms with Crippen molar-refractivity contribution in [2.45, 2.75) is 6.10 Å². The number of likely N-dealkylation sites (N-methyl/N-ethyl adjacent to an activating group) is 1. The van der Waals surface area contributed by atoms with Crippen molar-refractivity contribution < 1.29 is 4.74 Å². The number of rotatable bonds is 3. The second-order valence-corrected chi connectivity index (χ2v) is 4.46. The summed E-state index contributed by atoms with van der Waals surface area (Å²) in [7, 11) is 2.08. The number of hydrogen-bond donors (Lipinski definition) is 2. The highest BCUT2D eigenvalue weighted by Gasteiger charge is 2.17. The number of nitrogens with one attached hydrogen (secondary N) is 1. The SMILES string of the molecule is CN1CCOC(CNc2cc(Cl)nc(N)n2)C1. The van der Waals surface area contributed by atoms with E-state index in [-0.39, 0.29) is 12.1 Å². The third kappa shape index (κ3) is 3.69. The summed E-state index contributed by atoms with van der Waals surface area (Å²) in [5.74, 6) is 0.793. The van der Waals surface area contributed by atoms with Crippen LogP contribution in [0.4, 0.5) is 11.8 Å². The molecule has 1 aliphatic heterocycles. The molecule has 17 heavy (non-hydrogen) atoms. The molecular weight excluding hydrogens is 242 g/mol. The predicted octanol–water partition coefficient (Wildman–Crippen LogP) is 0.455. The molecule has 2 rings (SSSR count). The molecule has 2 heterocycles. The third-order valence-electron chi connectivity index (χ3n) is 2.56. The fourth-order valence-corrected chi connectivity index (χ4v) is 1.92. The fraction of sp³-hybridized carbons (Fsp3) is 0.600. The van der Waals surface area contributed by atoms with Crippen LogP contribution in [0.3, 0.4) is 0 Å². The normalized spacial score (nSPS) is 21.4. The third-order valence-corrected chi connectivity index (χ3v) is 2.76. The van der Waals surface area contributed by atoms with Gasteiger partial charge in [-0.15, -0.1) is 0 Å². The van der Waals surface area contributed by atoms with Crippen molar-refractivity contribution in [3.63, 3.8) is 0 Å². The van der Waals surface area contributed by atoms with E-state index in [1.807, 2.05) is 0 Å².